The average molecular weight is 654 g/mol. The molecule has 0 saturated carbocycles. The minimum Gasteiger partial charge on any atom is -0.463 e. The number of hydrogen-bond donors (Lipinski definition) is 1. The molecule has 16 heteroatoms. The van der Waals surface area contributed by atoms with E-state index in [-0.39, 0.29) is 6.61 Å². The van der Waals surface area contributed by atoms with Gasteiger partial charge in [0.2, 0.25) is 5.91 Å². The fourth-order valence-corrected chi connectivity index (χ4v) is 5.56. The van der Waals surface area contributed by atoms with Gasteiger partial charge in [0.05, 0.1) is 6.61 Å². The summed E-state index contributed by atoms with van der Waals surface area (Å²) in [6.07, 6.45) is -11.9. The van der Waals surface area contributed by atoms with E-state index in [4.69, 9.17) is 47.4 Å². The molecule has 0 radical (unpaired) electrons. The fourth-order valence-electron chi connectivity index (χ4n) is 5.56. The summed E-state index contributed by atoms with van der Waals surface area (Å²) < 4.78 is 58.3. The van der Waals surface area contributed by atoms with Crippen molar-refractivity contribution in [2.75, 3.05) is 20.3 Å². The third kappa shape index (κ3) is 8.77. The number of nitrogens with one attached hydrogen (secondary N) is 1. The lowest BCUT2D eigenvalue weighted by molar-refractivity contribution is -0.376. The average Bonchev–Trinajstić information content (AvgIpc) is 2.99. The second-order valence-corrected chi connectivity index (χ2v) is 10.8. The van der Waals surface area contributed by atoms with Gasteiger partial charge in [-0.05, 0) is 0 Å². The number of hydrogen-bond acceptors (Lipinski definition) is 15. The van der Waals surface area contributed by atoms with Crippen LogP contribution in [0.5, 0.6) is 0 Å². The van der Waals surface area contributed by atoms with Gasteiger partial charge in [0.25, 0.3) is 0 Å². The Kier molecular flexibility index (Phi) is 12.0. The Balaban J connectivity index is 1.76. The van der Waals surface area contributed by atoms with Crippen molar-refractivity contribution in [3.05, 3.63) is 35.9 Å². The van der Waals surface area contributed by atoms with Crippen molar-refractivity contribution in [1.82, 2.24) is 5.32 Å². The summed E-state index contributed by atoms with van der Waals surface area (Å²) >= 11 is 0. The highest BCUT2D eigenvalue weighted by molar-refractivity contribution is 5.73. The Labute approximate surface area is 265 Å². The first-order valence-electron chi connectivity index (χ1n) is 14.6. The lowest BCUT2D eigenvalue weighted by Gasteiger charge is -2.51. The van der Waals surface area contributed by atoms with Crippen LogP contribution in [0.25, 0.3) is 0 Å². The Morgan fingerprint density at radius 3 is 1.98 bits per heavy atom. The number of esters is 4. The second-order valence-electron chi connectivity index (χ2n) is 10.8. The van der Waals surface area contributed by atoms with Crippen molar-refractivity contribution < 1.29 is 71.3 Å². The monoisotopic (exact) mass is 653 g/mol. The maximum atomic E-state index is 12.4. The summed E-state index contributed by atoms with van der Waals surface area (Å²) in [5, 5.41) is 2.77. The van der Waals surface area contributed by atoms with Crippen LogP contribution >= 0.6 is 0 Å². The standard InChI is InChI=1S/C30H39NO15/c1-14(32)31-22-25(23-21(43-29(22)37-6)13-39-28(45-23)19-10-8-7-9-11-19)46-30-27(42-18(5)36)26(41-17(4)35)24(40-16(3)34)20(44-30)12-38-15(2)33/h7-11,20-30H,12-13H2,1-6H3,(H,31,32)/t20-,21+,22+,23+,24+,25+,26+,27-,28?,29+,30+/m0/s1. The summed E-state index contributed by atoms with van der Waals surface area (Å²) in [6, 6.07) is 8.09. The van der Waals surface area contributed by atoms with E-state index in [1.165, 1.54) is 21.0 Å². The van der Waals surface area contributed by atoms with Crippen LogP contribution in [0.3, 0.4) is 0 Å². The third-order valence-electron chi connectivity index (χ3n) is 7.25. The summed E-state index contributed by atoms with van der Waals surface area (Å²) in [6.45, 7) is 5.41. The number of methoxy groups -OCH3 is 1. The van der Waals surface area contributed by atoms with E-state index >= 15 is 0 Å². The second kappa shape index (κ2) is 15.8. The molecular weight excluding hydrogens is 614 g/mol. The van der Waals surface area contributed by atoms with Crippen LogP contribution in [0.2, 0.25) is 0 Å². The van der Waals surface area contributed by atoms with Gasteiger partial charge < -0.3 is 52.7 Å². The number of benzene rings is 1. The van der Waals surface area contributed by atoms with Gasteiger partial charge in [0.15, 0.2) is 37.2 Å². The topological polar surface area (TPSA) is 190 Å². The van der Waals surface area contributed by atoms with E-state index in [9.17, 15) is 24.0 Å². The zero-order valence-electron chi connectivity index (χ0n) is 26.3. The Hall–Kier alpha value is -3.67. The maximum Gasteiger partial charge on any atom is 0.303 e. The summed E-state index contributed by atoms with van der Waals surface area (Å²) in [4.78, 5) is 60.9. The van der Waals surface area contributed by atoms with Crippen molar-refractivity contribution in [2.45, 2.75) is 102 Å². The van der Waals surface area contributed by atoms with Crippen molar-refractivity contribution >= 4 is 29.8 Å². The lowest BCUT2D eigenvalue weighted by atomic mass is 9.94. The van der Waals surface area contributed by atoms with E-state index in [0.29, 0.717) is 5.56 Å². The van der Waals surface area contributed by atoms with Gasteiger partial charge in [-0.3, -0.25) is 24.0 Å². The molecule has 4 rings (SSSR count). The van der Waals surface area contributed by atoms with E-state index in [1.807, 2.05) is 30.3 Å². The van der Waals surface area contributed by atoms with E-state index in [0.717, 1.165) is 20.8 Å². The van der Waals surface area contributed by atoms with Crippen LogP contribution in [0, 0.1) is 0 Å². The number of carbonyl (C=O) groups is 5. The predicted molar refractivity (Wildman–Crippen MR) is 150 cm³/mol. The van der Waals surface area contributed by atoms with Gasteiger partial charge in [-0.15, -0.1) is 0 Å². The highest BCUT2D eigenvalue weighted by Crippen LogP contribution is 2.38. The fraction of sp³-hybridized carbons (Fsp3) is 0.633. The predicted octanol–water partition coefficient (Wildman–Crippen LogP) is 0.445. The molecule has 3 fully saturated rings. The summed E-state index contributed by atoms with van der Waals surface area (Å²) in [5.41, 5.74) is 0.705. The van der Waals surface area contributed by atoms with Crippen LogP contribution in [-0.4, -0.2) is 111 Å². The molecule has 0 aromatic heterocycles. The molecule has 3 aliphatic heterocycles. The largest absolute Gasteiger partial charge is 0.463 e. The molecule has 1 aromatic rings. The minimum absolute atomic E-state index is 0.0509. The van der Waals surface area contributed by atoms with Gasteiger partial charge in [-0.25, -0.2) is 0 Å². The zero-order chi connectivity index (χ0) is 33.5. The molecule has 254 valence electrons. The number of ether oxygens (including phenoxy) is 10. The minimum atomic E-state index is -1.56. The van der Waals surface area contributed by atoms with E-state index < -0.39 is 104 Å². The molecule has 1 unspecified atom stereocenters. The molecule has 1 N–H and O–H groups in total. The molecule has 16 nitrogen and oxygen atoms in total. The number of amides is 1. The SMILES string of the molecule is CO[C@@H]1O[C@@H]2COC(c3ccccc3)O[C@H]2[C@H](O[C@H]2O[C@@H](COC(C)=O)[C@@H](OC(C)=O)[C@@H](OC(C)=O)[C@@H]2OC(C)=O)[C@H]1NC(C)=O. The van der Waals surface area contributed by atoms with Crippen molar-refractivity contribution in [2.24, 2.45) is 0 Å². The van der Waals surface area contributed by atoms with Crippen LogP contribution in [0.1, 0.15) is 46.5 Å². The highest BCUT2D eigenvalue weighted by Gasteiger charge is 2.57. The normalized spacial score (nSPS) is 33.9. The maximum absolute atomic E-state index is 12.4. The van der Waals surface area contributed by atoms with E-state index in [1.54, 1.807) is 0 Å². The number of rotatable bonds is 10. The Morgan fingerprint density at radius 1 is 0.761 bits per heavy atom. The van der Waals surface area contributed by atoms with Gasteiger partial charge in [-0.1, -0.05) is 30.3 Å². The number of carbonyl (C=O) groups excluding carboxylic acids is 5. The molecular formula is C30H39NO15. The first-order valence-corrected chi connectivity index (χ1v) is 14.6. The molecule has 3 aliphatic rings. The molecule has 1 aromatic carbocycles. The third-order valence-corrected chi connectivity index (χ3v) is 7.25. The molecule has 46 heavy (non-hydrogen) atoms. The van der Waals surface area contributed by atoms with E-state index in [2.05, 4.69) is 5.32 Å². The first-order chi connectivity index (χ1) is 21.9. The van der Waals surface area contributed by atoms with Gasteiger partial charge in [0, 0.05) is 47.3 Å². The Bertz CT molecular complexity index is 1240. The van der Waals surface area contributed by atoms with Crippen molar-refractivity contribution in [3.63, 3.8) is 0 Å². The molecule has 1 amide bonds. The summed E-state index contributed by atoms with van der Waals surface area (Å²) in [5.74, 6) is -3.49. The molecule has 0 spiro atoms. The molecule has 3 saturated heterocycles. The van der Waals surface area contributed by atoms with Crippen molar-refractivity contribution in [3.8, 4) is 0 Å². The smallest absolute Gasteiger partial charge is 0.303 e. The first kappa shape index (κ1) is 35.2. The van der Waals surface area contributed by atoms with Crippen LogP contribution < -0.4 is 5.32 Å². The van der Waals surface area contributed by atoms with Gasteiger partial charge in [-0.2, -0.15) is 0 Å². The zero-order valence-corrected chi connectivity index (χ0v) is 26.3. The van der Waals surface area contributed by atoms with Crippen LogP contribution in [0.4, 0.5) is 0 Å². The quantitative estimate of drug-likeness (QED) is 0.270. The van der Waals surface area contributed by atoms with Gasteiger partial charge >= 0.3 is 23.9 Å². The molecule has 0 aliphatic carbocycles. The lowest BCUT2D eigenvalue weighted by Crippen LogP contribution is -2.70. The van der Waals surface area contributed by atoms with Crippen LogP contribution in [0.15, 0.2) is 30.3 Å². The van der Waals surface area contributed by atoms with Crippen molar-refractivity contribution in [1.29, 1.82) is 0 Å². The summed E-state index contributed by atoms with van der Waals surface area (Å²) in [7, 11) is 1.38. The highest BCUT2D eigenvalue weighted by atomic mass is 16.8. The molecule has 0 bridgehead atoms. The van der Waals surface area contributed by atoms with Gasteiger partial charge in [0.1, 0.15) is 37.1 Å². The number of fused-ring (bicyclic) bond motifs is 1. The molecule has 3 heterocycles. The molecule has 11 atom stereocenters. The Morgan fingerprint density at radius 2 is 1.39 bits per heavy atom. The van der Waals surface area contributed by atoms with Crippen LogP contribution in [-0.2, 0) is 71.3 Å².